The predicted octanol–water partition coefficient (Wildman–Crippen LogP) is 4.30. The Morgan fingerprint density at radius 2 is 1.68 bits per heavy atom. The van der Waals surface area contributed by atoms with Gasteiger partial charge in [-0.1, -0.05) is 18.2 Å². The van der Waals surface area contributed by atoms with Gasteiger partial charge in [0.2, 0.25) is 23.5 Å². The topological polar surface area (TPSA) is 190 Å². The Kier molecular flexibility index (Phi) is 10.9. The lowest BCUT2D eigenvalue weighted by molar-refractivity contribution is -0.136. The van der Waals surface area contributed by atoms with Crippen LogP contribution < -0.4 is 21.2 Å². The van der Waals surface area contributed by atoms with Crippen molar-refractivity contribution in [2.75, 3.05) is 37.6 Å². The van der Waals surface area contributed by atoms with Crippen molar-refractivity contribution < 1.29 is 37.5 Å². The Morgan fingerprint density at radius 3 is 2.44 bits per heavy atom. The summed E-state index contributed by atoms with van der Waals surface area (Å²) in [4.78, 5) is 76.7. The molecule has 3 N–H and O–H groups in total. The number of imidazole rings is 1. The number of rotatable bonds is 9. The highest BCUT2D eigenvalue weighted by Gasteiger charge is 2.32. The van der Waals surface area contributed by atoms with Gasteiger partial charge < -0.3 is 20.2 Å². The second-order valence-electron chi connectivity index (χ2n) is 16.5. The average molecular weight is 865 g/mol. The third-order valence-corrected chi connectivity index (χ3v) is 12.6. The van der Waals surface area contributed by atoms with Crippen molar-refractivity contribution in [2.45, 2.75) is 57.0 Å². The van der Waals surface area contributed by atoms with E-state index in [0.29, 0.717) is 54.8 Å². The first-order valence-corrected chi connectivity index (χ1v) is 20.8. The van der Waals surface area contributed by atoms with E-state index in [4.69, 9.17) is 10.1 Å². The van der Waals surface area contributed by atoms with E-state index in [2.05, 4.69) is 20.5 Å². The first kappa shape index (κ1) is 41.3. The molecule has 3 fully saturated rings. The number of halogens is 3. The molecule has 1 aliphatic carbocycles. The molecule has 19 heteroatoms. The molecule has 4 amide bonds. The van der Waals surface area contributed by atoms with Gasteiger partial charge in [-0.25, -0.2) is 18.6 Å². The van der Waals surface area contributed by atoms with Crippen LogP contribution in [0, 0.1) is 23.4 Å². The number of hydrogen-bond donors (Lipinski definition) is 3. The van der Waals surface area contributed by atoms with Crippen LogP contribution in [0.1, 0.15) is 66.5 Å². The SMILES string of the molecule is Cn1c(=O)n(C2CCC(=O)NC2=O)c2ccc(CC(=O)N3CCN(c4cncc(-c5ccc6cn(C7CCC(CNC(=O)c8cc(F)c(O)c(F)c8F)CC7)nc6c5)n4)CC3)cc21. The van der Waals surface area contributed by atoms with Crippen molar-refractivity contribution in [3.8, 4) is 17.0 Å². The van der Waals surface area contributed by atoms with Gasteiger partial charge in [0.15, 0.2) is 17.4 Å². The number of phenols is 1. The third-order valence-electron chi connectivity index (χ3n) is 12.6. The summed E-state index contributed by atoms with van der Waals surface area (Å²) in [5, 5.41) is 20.0. The summed E-state index contributed by atoms with van der Waals surface area (Å²) >= 11 is 0. The Hall–Kier alpha value is -7.05. The smallest absolute Gasteiger partial charge is 0.329 e. The highest BCUT2D eigenvalue weighted by Crippen LogP contribution is 2.34. The van der Waals surface area contributed by atoms with Crippen LogP contribution in [0.15, 0.2) is 65.8 Å². The number of aromatic hydroxyl groups is 1. The van der Waals surface area contributed by atoms with Crippen molar-refractivity contribution in [3.05, 3.63) is 100 Å². The molecule has 9 rings (SSSR count). The molecule has 0 bridgehead atoms. The minimum atomic E-state index is -1.80. The molecule has 16 nitrogen and oxygen atoms in total. The number of amides is 4. The van der Waals surface area contributed by atoms with E-state index in [1.54, 1.807) is 37.6 Å². The van der Waals surface area contributed by atoms with Gasteiger partial charge in [0.25, 0.3) is 5.91 Å². The Morgan fingerprint density at radius 1 is 0.905 bits per heavy atom. The highest BCUT2D eigenvalue weighted by molar-refractivity contribution is 6.00. The van der Waals surface area contributed by atoms with E-state index >= 15 is 0 Å². The Bertz CT molecular complexity index is 2880. The second kappa shape index (κ2) is 16.7. The molecular formula is C44H43F3N10O6. The van der Waals surface area contributed by atoms with Crippen LogP contribution in [0.2, 0.25) is 0 Å². The predicted molar refractivity (Wildman–Crippen MR) is 223 cm³/mol. The fourth-order valence-electron chi connectivity index (χ4n) is 8.95. The van der Waals surface area contributed by atoms with Crippen molar-refractivity contribution in [1.82, 2.24) is 44.4 Å². The minimum Gasteiger partial charge on any atom is -0.503 e. The Balaban J connectivity index is 0.787. The van der Waals surface area contributed by atoms with Gasteiger partial charge >= 0.3 is 5.69 Å². The number of nitrogens with zero attached hydrogens (tertiary/aromatic N) is 8. The van der Waals surface area contributed by atoms with Gasteiger partial charge in [-0.05, 0) is 67.9 Å². The average Bonchev–Trinajstić information content (AvgIpc) is 3.83. The number of carbonyl (C=O) groups is 4. The molecule has 5 heterocycles. The molecule has 326 valence electrons. The third kappa shape index (κ3) is 7.98. The van der Waals surface area contributed by atoms with E-state index in [9.17, 15) is 42.3 Å². The van der Waals surface area contributed by atoms with E-state index in [1.807, 2.05) is 34.0 Å². The minimum absolute atomic E-state index is 0.0462. The van der Waals surface area contributed by atoms with Crippen molar-refractivity contribution in [3.63, 3.8) is 0 Å². The van der Waals surface area contributed by atoms with Gasteiger partial charge in [-0.3, -0.25) is 43.3 Å². The molecule has 63 heavy (non-hydrogen) atoms. The van der Waals surface area contributed by atoms with Gasteiger partial charge in [0, 0.05) is 63.3 Å². The molecule has 2 aliphatic heterocycles. The van der Waals surface area contributed by atoms with Crippen LogP contribution in [0.25, 0.3) is 33.2 Å². The zero-order valence-electron chi connectivity index (χ0n) is 34.2. The van der Waals surface area contributed by atoms with Crippen LogP contribution in [0.3, 0.4) is 0 Å². The molecule has 2 saturated heterocycles. The standard InChI is InChI=1S/C44H43F3N10O6/c1-53-35-16-25(4-9-33(35)57(44(53)63)34-10-11-37(58)51-43(34)62)17-38(59)55-14-12-54(13-15-55)36-22-48-21-32(50-36)26-5-6-27-23-56(52-31(27)18-26)28-7-2-24(3-8-28)20-49-42(61)29-19-30(45)41(60)40(47)39(29)46/h4-6,9,16,18-19,21-24,28,34,60H,2-3,7-8,10-15,17,20H2,1H3,(H,49,61)(H,51,58,62). The first-order chi connectivity index (χ1) is 30.3. The van der Waals surface area contributed by atoms with Crippen LogP contribution in [-0.4, -0.2) is 95.2 Å². The molecule has 3 aromatic heterocycles. The number of aryl methyl sites for hydroxylation is 1. The van der Waals surface area contributed by atoms with E-state index in [-0.39, 0.29) is 55.3 Å². The maximum Gasteiger partial charge on any atom is 0.329 e. The number of fused-ring (bicyclic) bond motifs is 2. The molecule has 1 unspecified atom stereocenters. The van der Waals surface area contributed by atoms with Crippen LogP contribution in [0.5, 0.6) is 5.75 Å². The van der Waals surface area contributed by atoms with E-state index in [0.717, 1.165) is 47.7 Å². The molecule has 1 atom stereocenters. The molecule has 0 radical (unpaired) electrons. The maximum atomic E-state index is 14.2. The first-order valence-electron chi connectivity index (χ1n) is 20.8. The van der Waals surface area contributed by atoms with E-state index < -0.39 is 46.6 Å². The fourth-order valence-corrected chi connectivity index (χ4v) is 8.95. The van der Waals surface area contributed by atoms with Gasteiger partial charge in [0.05, 0.1) is 52.7 Å². The summed E-state index contributed by atoms with van der Waals surface area (Å²) < 4.78 is 46.5. The van der Waals surface area contributed by atoms with Crippen molar-refractivity contribution in [2.24, 2.45) is 13.0 Å². The number of piperidine rings is 1. The molecular weight excluding hydrogens is 822 g/mol. The zero-order valence-corrected chi connectivity index (χ0v) is 34.2. The summed E-state index contributed by atoms with van der Waals surface area (Å²) in [6.07, 6.45) is 9.02. The van der Waals surface area contributed by atoms with Gasteiger partial charge in [0.1, 0.15) is 11.9 Å². The van der Waals surface area contributed by atoms with Crippen molar-refractivity contribution in [1.29, 1.82) is 0 Å². The summed E-state index contributed by atoms with van der Waals surface area (Å²) in [5.74, 6) is -7.35. The lowest BCUT2D eigenvalue weighted by atomic mass is 9.86. The number of phenolic OH excluding ortho intramolecular Hbond substituents is 1. The fraction of sp³-hybridized carbons (Fsp3) is 0.364. The number of hydrogen-bond acceptors (Lipinski definition) is 10. The second-order valence-corrected chi connectivity index (χ2v) is 16.5. The number of carbonyl (C=O) groups excluding carboxylic acids is 4. The summed E-state index contributed by atoms with van der Waals surface area (Å²) in [6.45, 7) is 2.30. The molecule has 6 aromatic rings. The summed E-state index contributed by atoms with van der Waals surface area (Å²) in [6, 6.07) is 11.1. The highest BCUT2D eigenvalue weighted by atomic mass is 19.2. The van der Waals surface area contributed by atoms with Crippen LogP contribution >= 0.6 is 0 Å². The van der Waals surface area contributed by atoms with Gasteiger partial charge in [-0.2, -0.15) is 9.49 Å². The molecule has 3 aromatic carbocycles. The normalized spacial score (nSPS) is 19.5. The summed E-state index contributed by atoms with van der Waals surface area (Å²) in [7, 11) is 1.62. The quantitative estimate of drug-likeness (QED) is 0.140. The number of anilines is 1. The zero-order chi connectivity index (χ0) is 44.1. The maximum absolute atomic E-state index is 14.2. The largest absolute Gasteiger partial charge is 0.503 e. The molecule has 3 aliphatic rings. The number of aromatic nitrogens is 6. The number of benzene rings is 3. The van der Waals surface area contributed by atoms with Gasteiger partial charge in [-0.15, -0.1) is 0 Å². The molecule has 0 spiro atoms. The lowest BCUT2D eigenvalue weighted by Gasteiger charge is -2.35. The number of nitrogens with one attached hydrogen (secondary N) is 2. The Labute approximate surface area is 357 Å². The van der Waals surface area contributed by atoms with E-state index in [1.165, 1.54) is 9.13 Å². The van der Waals surface area contributed by atoms with Crippen LogP contribution in [-0.2, 0) is 27.9 Å². The number of piperazine rings is 1. The monoisotopic (exact) mass is 864 g/mol. The lowest BCUT2D eigenvalue weighted by Crippen LogP contribution is -2.49. The van der Waals surface area contributed by atoms with Crippen LogP contribution in [0.4, 0.5) is 19.0 Å². The molecule has 1 saturated carbocycles. The summed E-state index contributed by atoms with van der Waals surface area (Å²) in [5.41, 5.74) is 3.06. The number of imide groups is 1. The van der Waals surface area contributed by atoms with Crippen molar-refractivity contribution >= 4 is 51.4 Å².